The van der Waals surface area contributed by atoms with E-state index in [1.54, 1.807) is 0 Å². The third kappa shape index (κ3) is 3.31. The maximum atomic E-state index is 11.4. The molecule has 1 N–H and O–H groups in total. The fraction of sp³-hybridized carbons (Fsp3) is 0.333. The molecule has 1 saturated heterocycles. The van der Waals surface area contributed by atoms with E-state index < -0.39 is 5.97 Å². The van der Waals surface area contributed by atoms with Gasteiger partial charge in [0.05, 0.1) is 10.6 Å². The van der Waals surface area contributed by atoms with Crippen LogP contribution in [0.5, 0.6) is 0 Å². The molecule has 0 radical (unpaired) electrons. The summed E-state index contributed by atoms with van der Waals surface area (Å²) in [4.78, 5) is 38.8. The molecule has 1 fully saturated rings. The van der Waals surface area contributed by atoms with Gasteiger partial charge in [0, 0.05) is 31.3 Å². The van der Waals surface area contributed by atoms with E-state index in [9.17, 15) is 14.4 Å². The molecule has 1 aromatic rings. The van der Waals surface area contributed by atoms with Gasteiger partial charge in [-0.15, -0.1) is 11.8 Å². The Morgan fingerprint density at radius 3 is 2.68 bits per heavy atom. The van der Waals surface area contributed by atoms with Crippen molar-refractivity contribution in [3.8, 4) is 0 Å². The molecule has 0 unspecified atom stereocenters. The number of hydrogen-bond donors (Lipinski definition) is 1. The molecule has 19 heavy (non-hydrogen) atoms. The lowest BCUT2D eigenvalue weighted by atomic mass is 10.3. The van der Waals surface area contributed by atoms with E-state index >= 15 is 0 Å². The number of imide groups is 1. The van der Waals surface area contributed by atoms with Crippen LogP contribution in [-0.4, -0.2) is 45.1 Å². The summed E-state index contributed by atoms with van der Waals surface area (Å²) in [6, 6.07) is 2.89. The Balaban J connectivity index is 1.89. The van der Waals surface area contributed by atoms with E-state index in [1.165, 1.54) is 35.0 Å². The second-order valence-corrected chi connectivity index (χ2v) is 5.09. The fourth-order valence-electron chi connectivity index (χ4n) is 1.74. The standard InChI is InChI=1S/C12H12N2O4S/c15-10-1-2-11(16)14(10)5-6-19-9-7-8(12(17)18)3-4-13-9/h3-4,7H,1-2,5-6H2,(H,17,18). The highest BCUT2D eigenvalue weighted by atomic mass is 32.2. The maximum absolute atomic E-state index is 11.4. The molecule has 1 aliphatic heterocycles. The number of aromatic nitrogens is 1. The van der Waals surface area contributed by atoms with Crippen molar-refractivity contribution < 1.29 is 19.5 Å². The van der Waals surface area contributed by atoms with Gasteiger partial charge in [0.25, 0.3) is 0 Å². The molecule has 0 spiro atoms. The number of hydrogen-bond acceptors (Lipinski definition) is 5. The lowest BCUT2D eigenvalue weighted by Gasteiger charge is -2.12. The molecular formula is C12H12N2O4S. The van der Waals surface area contributed by atoms with Gasteiger partial charge in [-0.05, 0) is 12.1 Å². The van der Waals surface area contributed by atoms with E-state index in [-0.39, 0.29) is 30.2 Å². The van der Waals surface area contributed by atoms with Crippen LogP contribution in [-0.2, 0) is 9.59 Å². The number of carbonyl (C=O) groups excluding carboxylic acids is 2. The predicted octanol–water partition coefficient (Wildman–Crippen LogP) is 1.02. The van der Waals surface area contributed by atoms with Crippen molar-refractivity contribution in [2.75, 3.05) is 12.3 Å². The van der Waals surface area contributed by atoms with Crippen molar-refractivity contribution in [3.05, 3.63) is 23.9 Å². The number of amides is 2. The summed E-state index contributed by atoms with van der Waals surface area (Å²) >= 11 is 1.32. The minimum Gasteiger partial charge on any atom is -0.478 e. The Kier molecular flexibility index (Phi) is 4.16. The van der Waals surface area contributed by atoms with Gasteiger partial charge in [-0.3, -0.25) is 14.5 Å². The minimum absolute atomic E-state index is 0.141. The van der Waals surface area contributed by atoms with Crippen LogP contribution >= 0.6 is 11.8 Å². The Morgan fingerprint density at radius 2 is 2.05 bits per heavy atom. The second-order valence-electron chi connectivity index (χ2n) is 3.98. The first-order valence-electron chi connectivity index (χ1n) is 5.73. The molecule has 100 valence electrons. The van der Waals surface area contributed by atoms with Crippen molar-refractivity contribution in [3.63, 3.8) is 0 Å². The van der Waals surface area contributed by atoms with Crippen LogP contribution in [0.15, 0.2) is 23.4 Å². The number of carboxylic acids is 1. The monoisotopic (exact) mass is 280 g/mol. The number of nitrogens with zero attached hydrogens (tertiary/aromatic N) is 2. The van der Waals surface area contributed by atoms with Crippen molar-refractivity contribution in [1.29, 1.82) is 0 Å². The molecule has 7 heteroatoms. The van der Waals surface area contributed by atoms with Gasteiger partial charge < -0.3 is 5.11 Å². The van der Waals surface area contributed by atoms with Crippen LogP contribution in [0.2, 0.25) is 0 Å². The van der Waals surface area contributed by atoms with Crippen LogP contribution in [0.25, 0.3) is 0 Å². The Hall–Kier alpha value is -1.89. The normalized spacial score (nSPS) is 15.1. The van der Waals surface area contributed by atoms with Crippen molar-refractivity contribution >= 4 is 29.5 Å². The average Bonchev–Trinajstić information content (AvgIpc) is 2.71. The third-order valence-corrected chi connectivity index (χ3v) is 3.61. The van der Waals surface area contributed by atoms with Crippen LogP contribution in [0.4, 0.5) is 0 Å². The van der Waals surface area contributed by atoms with Gasteiger partial charge in [-0.2, -0.15) is 0 Å². The quantitative estimate of drug-likeness (QED) is 0.640. The summed E-state index contributed by atoms with van der Waals surface area (Å²) in [6.45, 7) is 0.335. The van der Waals surface area contributed by atoms with Gasteiger partial charge in [-0.1, -0.05) is 0 Å². The van der Waals surface area contributed by atoms with Crippen LogP contribution in [0.1, 0.15) is 23.2 Å². The van der Waals surface area contributed by atoms with Gasteiger partial charge in [-0.25, -0.2) is 9.78 Å². The van der Waals surface area contributed by atoms with Gasteiger partial charge in [0.2, 0.25) is 11.8 Å². The summed E-state index contributed by atoms with van der Waals surface area (Å²) in [7, 11) is 0. The topological polar surface area (TPSA) is 87.6 Å². The molecule has 1 aromatic heterocycles. The number of thioether (sulfide) groups is 1. The number of carboxylic acid groups (broad SMARTS) is 1. The van der Waals surface area contributed by atoms with E-state index in [0.29, 0.717) is 17.3 Å². The smallest absolute Gasteiger partial charge is 0.335 e. The van der Waals surface area contributed by atoms with Crippen LogP contribution in [0, 0.1) is 0 Å². The molecule has 1 aliphatic rings. The van der Waals surface area contributed by atoms with E-state index in [4.69, 9.17) is 5.11 Å². The molecule has 0 aliphatic carbocycles. The van der Waals surface area contributed by atoms with Crippen molar-refractivity contribution in [2.24, 2.45) is 0 Å². The Bertz CT molecular complexity index is 516. The molecule has 6 nitrogen and oxygen atoms in total. The van der Waals surface area contributed by atoms with E-state index in [1.807, 2.05) is 0 Å². The molecule has 0 aromatic carbocycles. The highest BCUT2D eigenvalue weighted by molar-refractivity contribution is 7.99. The number of rotatable bonds is 5. The van der Waals surface area contributed by atoms with Gasteiger partial charge in [0.15, 0.2) is 0 Å². The summed E-state index contributed by atoms with van der Waals surface area (Å²) in [5, 5.41) is 9.41. The summed E-state index contributed by atoms with van der Waals surface area (Å²) < 4.78 is 0. The molecule has 0 bridgehead atoms. The first-order valence-corrected chi connectivity index (χ1v) is 6.72. The zero-order valence-electron chi connectivity index (χ0n) is 10.0. The first-order chi connectivity index (χ1) is 9.08. The molecule has 2 rings (SSSR count). The highest BCUT2D eigenvalue weighted by Gasteiger charge is 2.28. The van der Waals surface area contributed by atoms with Crippen LogP contribution < -0.4 is 0 Å². The zero-order chi connectivity index (χ0) is 13.8. The predicted molar refractivity (Wildman–Crippen MR) is 67.9 cm³/mol. The SMILES string of the molecule is O=C(O)c1ccnc(SCCN2C(=O)CCC2=O)c1. The van der Waals surface area contributed by atoms with E-state index in [0.717, 1.165) is 0 Å². The van der Waals surface area contributed by atoms with Gasteiger partial charge >= 0.3 is 5.97 Å². The number of pyridine rings is 1. The van der Waals surface area contributed by atoms with Gasteiger partial charge in [0.1, 0.15) is 0 Å². The first kappa shape index (κ1) is 13.5. The van der Waals surface area contributed by atoms with E-state index in [2.05, 4.69) is 4.98 Å². The third-order valence-electron chi connectivity index (χ3n) is 2.70. The molecule has 0 atom stereocenters. The highest BCUT2D eigenvalue weighted by Crippen LogP contribution is 2.18. The molecule has 2 amide bonds. The number of carbonyl (C=O) groups is 3. The summed E-state index contributed by atoms with van der Waals surface area (Å²) in [6.07, 6.45) is 2.00. The largest absolute Gasteiger partial charge is 0.478 e. The summed E-state index contributed by atoms with van der Waals surface area (Å²) in [5.41, 5.74) is 0.172. The average molecular weight is 280 g/mol. The second kappa shape index (κ2) is 5.83. The number of likely N-dealkylation sites (tertiary alicyclic amines) is 1. The number of aromatic carboxylic acids is 1. The van der Waals surface area contributed by atoms with Crippen LogP contribution in [0.3, 0.4) is 0 Å². The van der Waals surface area contributed by atoms with Crippen molar-refractivity contribution in [2.45, 2.75) is 17.9 Å². The van der Waals surface area contributed by atoms with Crippen molar-refractivity contribution in [1.82, 2.24) is 9.88 Å². The molecular weight excluding hydrogens is 268 g/mol. The lowest BCUT2D eigenvalue weighted by molar-refractivity contribution is -0.137. The molecule has 2 heterocycles. The summed E-state index contributed by atoms with van der Waals surface area (Å²) in [5.74, 6) is -0.780. The Labute approximate surface area is 113 Å². The maximum Gasteiger partial charge on any atom is 0.335 e. The zero-order valence-corrected chi connectivity index (χ0v) is 10.9. The minimum atomic E-state index is -1.01. The molecule has 0 saturated carbocycles. The Morgan fingerprint density at radius 1 is 1.37 bits per heavy atom. The lowest BCUT2D eigenvalue weighted by Crippen LogP contribution is -2.31. The fourth-order valence-corrected chi connectivity index (χ4v) is 2.56.